The van der Waals surface area contributed by atoms with Gasteiger partial charge in [0.1, 0.15) is 0 Å². The lowest BCUT2D eigenvalue weighted by atomic mass is 9.92. The fourth-order valence-corrected chi connectivity index (χ4v) is 2.88. The van der Waals surface area contributed by atoms with Crippen molar-refractivity contribution in [3.05, 3.63) is 53.1 Å². The largest absolute Gasteiger partial charge is 0.382 e. The molecule has 98 valence electrons. The number of rotatable bonds is 1. The first-order valence-electron chi connectivity index (χ1n) is 7.11. The molecule has 2 aromatic carbocycles. The summed E-state index contributed by atoms with van der Waals surface area (Å²) < 4.78 is 0. The Kier molecular flexibility index (Phi) is 3.06. The van der Waals surface area contributed by atoms with Gasteiger partial charge in [0, 0.05) is 11.7 Å². The third-order valence-corrected chi connectivity index (χ3v) is 4.27. The Balaban J connectivity index is 2.05. The van der Waals surface area contributed by atoms with Crippen LogP contribution in [0.4, 0.5) is 5.69 Å². The van der Waals surface area contributed by atoms with Gasteiger partial charge in [-0.2, -0.15) is 0 Å². The molecule has 2 aromatic rings. The Hall–Kier alpha value is -1.76. The smallest absolute Gasteiger partial charge is 0.0375 e. The van der Waals surface area contributed by atoms with Gasteiger partial charge in [-0.15, -0.1) is 0 Å². The maximum Gasteiger partial charge on any atom is 0.0375 e. The summed E-state index contributed by atoms with van der Waals surface area (Å²) in [6.45, 7) is 6.65. The van der Waals surface area contributed by atoms with Gasteiger partial charge in [-0.05, 0) is 73.6 Å². The van der Waals surface area contributed by atoms with E-state index in [0.717, 1.165) is 0 Å². The van der Waals surface area contributed by atoms with E-state index in [1.54, 1.807) is 0 Å². The topological polar surface area (TPSA) is 12.0 Å². The van der Waals surface area contributed by atoms with E-state index in [1.165, 1.54) is 46.3 Å². The molecule has 0 fully saturated rings. The van der Waals surface area contributed by atoms with Crippen LogP contribution in [0.5, 0.6) is 0 Å². The molecule has 3 rings (SSSR count). The van der Waals surface area contributed by atoms with Gasteiger partial charge in [0.15, 0.2) is 0 Å². The van der Waals surface area contributed by atoms with Crippen LogP contribution in [0.15, 0.2) is 36.4 Å². The van der Waals surface area contributed by atoms with Gasteiger partial charge >= 0.3 is 0 Å². The Labute approximate surface area is 115 Å². The number of hydrogen-bond donors (Lipinski definition) is 1. The van der Waals surface area contributed by atoms with Gasteiger partial charge in [-0.25, -0.2) is 0 Å². The lowest BCUT2D eigenvalue weighted by Gasteiger charge is -2.25. The molecule has 1 aliphatic heterocycles. The molecule has 1 heteroatoms. The third kappa shape index (κ3) is 2.25. The Bertz CT molecular complexity index is 613. The van der Waals surface area contributed by atoms with E-state index < -0.39 is 0 Å². The van der Waals surface area contributed by atoms with Crippen molar-refractivity contribution in [3.8, 4) is 11.1 Å². The van der Waals surface area contributed by atoms with E-state index in [4.69, 9.17) is 0 Å². The van der Waals surface area contributed by atoms with Gasteiger partial charge in [-0.1, -0.05) is 24.3 Å². The predicted octanol–water partition coefficient (Wildman–Crippen LogP) is 4.72. The third-order valence-electron chi connectivity index (χ3n) is 4.27. The monoisotopic (exact) mass is 251 g/mol. The molecule has 0 radical (unpaired) electrons. The molecule has 19 heavy (non-hydrogen) atoms. The summed E-state index contributed by atoms with van der Waals surface area (Å²) in [6, 6.07) is 14.0. The van der Waals surface area contributed by atoms with Crippen molar-refractivity contribution in [1.82, 2.24) is 0 Å². The fraction of sp³-hybridized carbons (Fsp3) is 0.333. The standard InChI is InChI=1S/C18H21N/c1-12-5-4-6-17(14(12)3)15-9-10-18-16(11-15)8-7-13(2)19-18/h4-6,9-11,13,19H,7-8H2,1-3H3. The van der Waals surface area contributed by atoms with Crippen molar-refractivity contribution in [2.24, 2.45) is 0 Å². The van der Waals surface area contributed by atoms with E-state index in [9.17, 15) is 0 Å². The highest BCUT2D eigenvalue weighted by Gasteiger charge is 2.15. The van der Waals surface area contributed by atoms with Gasteiger partial charge in [0.25, 0.3) is 0 Å². The van der Waals surface area contributed by atoms with Crippen LogP contribution in [0, 0.1) is 13.8 Å². The molecule has 1 N–H and O–H groups in total. The van der Waals surface area contributed by atoms with Crippen molar-refractivity contribution in [2.45, 2.75) is 39.7 Å². The van der Waals surface area contributed by atoms with Crippen molar-refractivity contribution in [2.75, 3.05) is 5.32 Å². The number of nitrogens with one attached hydrogen (secondary N) is 1. The van der Waals surface area contributed by atoms with Gasteiger partial charge < -0.3 is 5.32 Å². The summed E-state index contributed by atoms with van der Waals surface area (Å²) in [6.07, 6.45) is 2.41. The second-order valence-electron chi connectivity index (χ2n) is 5.70. The molecule has 1 aliphatic rings. The van der Waals surface area contributed by atoms with Crippen LogP contribution in [-0.2, 0) is 6.42 Å². The zero-order valence-corrected chi connectivity index (χ0v) is 12.0. The first-order chi connectivity index (χ1) is 9.15. The normalized spacial score (nSPS) is 17.7. The van der Waals surface area contributed by atoms with Gasteiger partial charge in [0.05, 0.1) is 0 Å². The van der Waals surface area contributed by atoms with E-state index in [0.29, 0.717) is 6.04 Å². The van der Waals surface area contributed by atoms with Gasteiger partial charge in [-0.3, -0.25) is 0 Å². The lowest BCUT2D eigenvalue weighted by molar-refractivity contribution is 0.681. The predicted molar refractivity (Wildman–Crippen MR) is 82.8 cm³/mol. The molecule has 1 heterocycles. The lowest BCUT2D eigenvalue weighted by Crippen LogP contribution is -2.21. The molecule has 1 atom stereocenters. The summed E-state index contributed by atoms with van der Waals surface area (Å²) in [4.78, 5) is 0. The number of aryl methyl sites for hydroxylation is 2. The summed E-state index contributed by atoms with van der Waals surface area (Å²) in [5, 5.41) is 3.56. The molecule has 0 aliphatic carbocycles. The van der Waals surface area contributed by atoms with Crippen LogP contribution in [0.3, 0.4) is 0 Å². The maximum atomic E-state index is 3.56. The average Bonchev–Trinajstić information content (AvgIpc) is 2.41. The van der Waals surface area contributed by atoms with Crippen molar-refractivity contribution in [3.63, 3.8) is 0 Å². The highest BCUT2D eigenvalue weighted by Crippen LogP contribution is 2.32. The van der Waals surface area contributed by atoms with E-state index in [1.807, 2.05) is 0 Å². The molecule has 1 unspecified atom stereocenters. The molecule has 0 saturated carbocycles. The maximum absolute atomic E-state index is 3.56. The fourth-order valence-electron chi connectivity index (χ4n) is 2.88. The molecule has 0 amide bonds. The molecule has 1 nitrogen and oxygen atoms in total. The van der Waals surface area contributed by atoms with Crippen molar-refractivity contribution < 1.29 is 0 Å². The molecule has 0 saturated heterocycles. The highest BCUT2D eigenvalue weighted by atomic mass is 14.9. The Morgan fingerprint density at radius 1 is 1.11 bits per heavy atom. The minimum atomic E-state index is 0.596. The first kappa shape index (κ1) is 12.3. The van der Waals surface area contributed by atoms with E-state index >= 15 is 0 Å². The highest BCUT2D eigenvalue weighted by molar-refractivity contribution is 5.72. The molecule has 0 spiro atoms. The number of benzene rings is 2. The van der Waals surface area contributed by atoms with E-state index in [-0.39, 0.29) is 0 Å². The minimum absolute atomic E-state index is 0.596. The van der Waals surface area contributed by atoms with E-state index in [2.05, 4.69) is 62.5 Å². The van der Waals surface area contributed by atoms with Crippen LogP contribution in [0.2, 0.25) is 0 Å². The molecule has 0 aromatic heterocycles. The number of anilines is 1. The van der Waals surface area contributed by atoms with Gasteiger partial charge in [0.2, 0.25) is 0 Å². The van der Waals surface area contributed by atoms with Crippen molar-refractivity contribution in [1.29, 1.82) is 0 Å². The van der Waals surface area contributed by atoms with Crippen LogP contribution >= 0.6 is 0 Å². The number of fused-ring (bicyclic) bond motifs is 1. The zero-order valence-electron chi connectivity index (χ0n) is 12.0. The summed E-state index contributed by atoms with van der Waals surface area (Å²) in [7, 11) is 0. The second-order valence-corrected chi connectivity index (χ2v) is 5.70. The summed E-state index contributed by atoms with van der Waals surface area (Å²) in [5.41, 5.74) is 8.23. The van der Waals surface area contributed by atoms with Crippen LogP contribution in [0.25, 0.3) is 11.1 Å². The summed E-state index contributed by atoms with van der Waals surface area (Å²) in [5.74, 6) is 0. The SMILES string of the molecule is Cc1cccc(-c2ccc3c(c2)CCC(C)N3)c1C. The molecular weight excluding hydrogens is 230 g/mol. The summed E-state index contributed by atoms with van der Waals surface area (Å²) >= 11 is 0. The molecular formula is C18H21N. The second kappa shape index (κ2) is 4.73. The Morgan fingerprint density at radius 3 is 2.79 bits per heavy atom. The van der Waals surface area contributed by atoms with Crippen LogP contribution < -0.4 is 5.32 Å². The zero-order chi connectivity index (χ0) is 13.4. The number of hydrogen-bond acceptors (Lipinski definition) is 1. The average molecular weight is 251 g/mol. The van der Waals surface area contributed by atoms with Crippen LogP contribution in [0.1, 0.15) is 30.0 Å². The Morgan fingerprint density at radius 2 is 1.95 bits per heavy atom. The van der Waals surface area contributed by atoms with Crippen molar-refractivity contribution >= 4 is 5.69 Å². The molecule has 0 bridgehead atoms. The van der Waals surface area contributed by atoms with Crippen LogP contribution in [-0.4, -0.2) is 6.04 Å². The minimum Gasteiger partial charge on any atom is -0.382 e. The quantitative estimate of drug-likeness (QED) is 0.773. The first-order valence-corrected chi connectivity index (χ1v) is 7.11.